The maximum atomic E-state index is 11.3. The molecule has 0 aliphatic carbocycles. The Hall–Kier alpha value is -3.07. The lowest BCUT2D eigenvalue weighted by Crippen LogP contribution is -2.13. The van der Waals surface area contributed by atoms with E-state index in [2.05, 4.69) is 4.98 Å². The standard InChI is InChI=1S/C14H12N4O2/c15-7-11-5-9(3-4-18-11)8-20-13-2-1-10(16)6-12(13)14(17)19/h1-6H,8,16H2,(H2,17,19). The number of rotatable bonds is 4. The molecule has 1 heterocycles. The van der Waals surface area contributed by atoms with E-state index in [1.165, 1.54) is 12.3 Å². The van der Waals surface area contributed by atoms with E-state index in [1.54, 1.807) is 24.3 Å². The van der Waals surface area contributed by atoms with Crippen LogP contribution < -0.4 is 16.2 Å². The van der Waals surface area contributed by atoms with Crippen molar-refractivity contribution in [1.29, 1.82) is 5.26 Å². The third kappa shape index (κ3) is 3.03. The lowest BCUT2D eigenvalue weighted by molar-refractivity contribution is 0.0996. The number of nitrogens with zero attached hydrogens (tertiary/aromatic N) is 2. The Morgan fingerprint density at radius 3 is 2.85 bits per heavy atom. The van der Waals surface area contributed by atoms with Crippen molar-refractivity contribution >= 4 is 11.6 Å². The van der Waals surface area contributed by atoms with E-state index in [0.717, 1.165) is 5.56 Å². The molecule has 0 spiro atoms. The van der Waals surface area contributed by atoms with Gasteiger partial charge in [0.05, 0.1) is 5.56 Å². The average molecular weight is 268 g/mol. The van der Waals surface area contributed by atoms with E-state index in [9.17, 15) is 4.79 Å². The molecule has 0 bridgehead atoms. The molecule has 100 valence electrons. The second kappa shape index (κ2) is 5.71. The van der Waals surface area contributed by atoms with Crippen molar-refractivity contribution in [3.8, 4) is 11.8 Å². The molecule has 0 saturated carbocycles. The molecule has 2 aromatic rings. The molecular weight excluding hydrogens is 256 g/mol. The number of primary amides is 1. The molecule has 0 radical (unpaired) electrons. The number of pyridine rings is 1. The Morgan fingerprint density at radius 1 is 1.35 bits per heavy atom. The lowest BCUT2D eigenvalue weighted by atomic mass is 10.1. The van der Waals surface area contributed by atoms with Crippen molar-refractivity contribution in [2.45, 2.75) is 6.61 Å². The van der Waals surface area contributed by atoms with Crippen LogP contribution in [0, 0.1) is 11.3 Å². The van der Waals surface area contributed by atoms with Crippen molar-refractivity contribution in [3.63, 3.8) is 0 Å². The molecular formula is C14H12N4O2. The first kappa shape index (κ1) is 13.4. The summed E-state index contributed by atoms with van der Waals surface area (Å²) in [5.74, 6) is -0.262. The first-order chi connectivity index (χ1) is 9.60. The zero-order valence-corrected chi connectivity index (χ0v) is 10.5. The van der Waals surface area contributed by atoms with Crippen molar-refractivity contribution < 1.29 is 9.53 Å². The predicted molar refractivity (Wildman–Crippen MR) is 72.7 cm³/mol. The van der Waals surface area contributed by atoms with Crippen molar-refractivity contribution in [2.75, 3.05) is 5.73 Å². The van der Waals surface area contributed by atoms with Gasteiger partial charge in [0.1, 0.15) is 24.1 Å². The van der Waals surface area contributed by atoms with Gasteiger partial charge in [0.15, 0.2) is 0 Å². The summed E-state index contributed by atoms with van der Waals surface area (Å²) in [6, 6.07) is 9.95. The van der Waals surface area contributed by atoms with Crippen molar-refractivity contribution in [1.82, 2.24) is 4.98 Å². The number of carbonyl (C=O) groups is 1. The molecule has 1 aromatic heterocycles. The van der Waals surface area contributed by atoms with E-state index in [4.69, 9.17) is 21.5 Å². The highest BCUT2D eigenvalue weighted by Crippen LogP contribution is 2.22. The Balaban J connectivity index is 2.19. The molecule has 4 N–H and O–H groups in total. The SMILES string of the molecule is N#Cc1cc(COc2ccc(N)cc2C(N)=O)ccn1. The molecule has 2 rings (SSSR count). The number of nitriles is 1. The highest BCUT2D eigenvalue weighted by molar-refractivity contribution is 5.96. The third-order valence-electron chi connectivity index (χ3n) is 2.60. The molecule has 6 heteroatoms. The highest BCUT2D eigenvalue weighted by Gasteiger charge is 2.10. The summed E-state index contributed by atoms with van der Waals surface area (Å²) in [5, 5.41) is 8.77. The largest absolute Gasteiger partial charge is 0.488 e. The fraction of sp³-hybridized carbons (Fsp3) is 0.0714. The average Bonchev–Trinajstić information content (AvgIpc) is 2.46. The van der Waals surface area contributed by atoms with E-state index in [1.807, 2.05) is 6.07 Å². The second-order valence-corrected chi connectivity index (χ2v) is 4.07. The minimum absolute atomic E-state index is 0.196. The fourth-order valence-corrected chi connectivity index (χ4v) is 1.65. The molecule has 0 saturated heterocycles. The maximum absolute atomic E-state index is 11.3. The van der Waals surface area contributed by atoms with Gasteiger partial charge in [-0.05, 0) is 35.9 Å². The summed E-state index contributed by atoms with van der Waals surface area (Å²) in [5.41, 5.74) is 12.6. The monoisotopic (exact) mass is 268 g/mol. The number of hydrogen-bond donors (Lipinski definition) is 2. The van der Waals surface area contributed by atoms with Crippen molar-refractivity contribution in [2.24, 2.45) is 5.73 Å². The Morgan fingerprint density at radius 2 is 2.15 bits per heavy atom. The van der Waals surface area contributed by atoms with Gasteiger partial charge in [0.25, 0.3) is 5.91 Å². The Labute approximate surface area is 115 Å². The number of nitrogen functional groups attached to an aromatic ring is 1. The third-order valence-corrected chi connectivity index (χ3v) is 2.60. The van der Waals surface area contributed by atoms with Gasteiger partial charge in [-0.2, -0.15) is 5.26 Å². The van der Waals surface area contributed by atoms with Crippen LogP contribution in [0.2, 0.25) is 0 Å². The number of nitrogens with two attached hydrogens (primary N) is 2. The number of ether oxygens (including phenoxy) is 1. The van der Waals surface area contributed by atoms with Crippen LogP contribution in [-0.2, 0) is 6.61 Å². The van der Waals surface area contributed by atoms with E-state index in [-0.39, 0.29) is 12.2 Å². The number of benzene rings is 1. The van der Waals surface area contributed by atoms with Gasteiger partial charge in [-0.1, -0.05) is 0 Å². The second-order valence-electron chi connectivity index (χ2n) is 4.07. The molecule has 0 fully saturated rings. The summed E-state index contributed by atoms with van der Waals surface area (Å²) >= 11 is 0. The van der Waals surface area contributed by atoms with Gasteiger partial charge in [0.2, 0.25) is 0 Å². The minimum atomic E-state index is -0.611. The highest BCUT2D eigenvalue weighted by atomic mass is 16.5. The number of amides is 1. The summed E-state index contributed by atoms with van der Waals surface area (Å²) < 4.78 is 5.55. The Kier molecular flexibility index (Phi) is 3.82. The van der Waals surface area contributed by atoms with E-state index in [0.29, 0.717) is 17.1 Å². The zero-order chi connectivity index (χ0) is 14.5. The van der Waals surface area contributed by atoms with Gasteiger partial charge in [-0.3, -0.25) is 4.79 Å². The van der Waals surface area contributed by atoms with Crippen LogP contribution in [0.5, 0.6) is 5.75 Å². The molecule has 1 aromatic carbocycles. The van der Waals surface area contributed by atoms with Crippen LogP contribution in [0.4, 0.5) is 5.69 Å². The topological polar surface area (TPSA) is 115 Å². The zero-order valence-electron chi connectivity index (χ0n) is 10.5. The summed E-state index contributed by atoms with van der Waals surface area (Å²) in [7, 11) is 0. The number of aromatic nitrogens is 1. The van der Waals surface area contributed by atoms with Gasteiger partial charge in [0, 0.05) is 11.9 Å². The van der Waals surface area contributed by atoms with E-state index >= 15 is 0 Å². The smallest absolute Gasteiger partial charge is 0.252 e. The van der Waals surface area contributed by atoms with E-state index < -0.39 is 5.91 Å². The molecule has 20 heavy (non-hydrogen) atoms. The number of hydrogen-bond acceptors (Lipinski definition) is 5. The Bertz CT molecular complexity index is 692. The quantitative estimate of drug-likeness (QED) is 0.809. The minimum Gasteiger partial charge on any atom is -0.488 e. The molecule has 6 nitrogen and oxygen atoms in total. The molecule has 0 unspecified atom stereocenters. The normalized spacial score (nSPS) is 9.75. The van der Waals surface area contributed by atoms with Crippen LogP contribution >= 0.6 is 0 Å². The lowest BCUT2D eigenvalue weighted by Gasteiger charge is -2.10. The van der Waals surface area contributed by atoms with Crippen LogP contribution in [-0.4, -0.2) is 10.9 Å². The molecule has 1 amide bonds. The van der Waals surface area contributed by atoms with Gasteiger partial charge in [-0.15, -0.1) is 0 Å². The van der Waals surface area contributed by atoms with Gasteiger partial charge < -0.3 is 16.2 Å². The first-order valence-corrected chi connectivity index (χ1v) is 5.77. The van der Waals surface area contributed by atoms with Crippen LogP contribution in [0.1, 0.15) is 21.6 Å². The summed E-state index contributed by atoms with van der Waals surface area (Å²) in [4.78, 5) is 15.2. The van der Waals surface area contributed by atoms with Crippen LogP contribution in [0.15, 0.2) is 36.5 Å². The first-order valence-electron chi connectivity index (χ1n) is 5.77. The maximum Gasteiger partial charge on any atom is 0.252 e. The van der Waals surface area contributed by atoms with Gasteiger partial charge >= 0.3 is 0 Å². The molecule has 0 aliphatic rings. The number of anilines is 1. The van der Waals surface area contributed by atoms with Crippen LogP contribution in [0.25, 0.3) is 0 Å². The fourth-order valence-electron chi connectivity index (χ4n) is 1.65. The van der Waals surface area contributed by atoms with Crippen LogP contribution in [0.3, 0.4) is 0 Å². The summed E-state index contributed by atoms with van der Waals surface area (Å²) in [6.45, 7) is 0.196. The predicted octanol–water partition coefficient (Wildman–Crippen LogP) is 1.21. The van der Waals surface area contributed by atoms with Gasteiger partial charge in [-0.25, -0.2) is 4.98 Å². The number of carbonyl (C=O) groups excluding carboxylic acids is 1. The molecule has 0 aliphatic heterocycles. The molecule has 0 atom stereocenters. The van der Waals surface area contributed by atoms with Crippen molar-refractivity contribution in [3.05, 3.63) is 53.3 Å². The summed E-state index contributed by atoms with van der Waals surface area (Å²) in [6.07, 6.45) is 1.52.